The molecule has 0 radical (unpaired) electrons. The molecule has 0 atom stereocenters. The smallest absolute Gasteiger partial charge is 0.335 e. The van der Waals surface area contributed by atoms with E-state index in [0.717, 1.165) is 21.4 Å². The van der Waals surface area contributed by atoms with Crippen LogP contribution in [0.1, 0.15) is 21.7 Å². The molecule has 0 unspecified atom stereocenters. The molecule has 0 amide bonds. The van der Waals surface area contributed by atoms with Crippen LogP contribution < -0.4 is 9.64 Å². The summed E-state index contributed by atoms with van der Waals surface area (Å²) >= 11 is 4.90. The molecular weight excluding hydrogens is 528 g/mol. The fraction of sp³-hybridized carbons (Fsp3) is 0.0385. The van der Waals surface area contributed by atoms with Crippen LogP contribution in [0.5, 0.6) is 5.75 Å². The standard InChI is InChI=1S/C26H17BrN4O3S/c1-34-23-5-3-2-4-18(23)22-14-35-25(31(22)17-9-7-16(27)8-10-17)19(13-28)24-29-20-11-6-15(26(32)33)12-21(20)30-24/h2-12,14H,1H3,(H,29,30)(H,32,33)/b25-19+. The molecular formula is C26H17BrN4O3S. The first-order chi connectivity index (χ1) is 17.0. The van der Waals surface area contributed by atoms with Crippen LogP contribution in [0.25, 0.3) is 22.3 Å². The highest BCUT2D eigenvalue weighted by Crippen LogP contribution is 2.47. The average molecular weight is 545 g/mol. The summed E-state index contributed by atoms with van der Waals surface area (Å²) in [4.78, 5) is 21.1. The molecule has 0 bridgehead atoms. The van der Waals surface area contributed by atoms with Crippen molar-refractivity contribution in [2.24, 2.45) is 0 Å². The molecule has 35 heavy (non-hydrogen) atoms. The van der Waals surface area contributed by atoms with Crippen molar-refractivity contribution in [3.63, 3.8) is 0 Å². The third kappa shape index (κ3) is 4.18. The Morgan fingerprint density at radius 2 is 1.94 bits per heavy atom. The Morgan fingerprint density at radius 1 is 1.17 bits per heavy atom. The minimum atomic E-state index is -1.03. The summed E-state index contributed by atoms with van der Waals surface area (Å²) in [5.74, 6) is 0.0517. The van der Waals surface area contributed by atoms with E-state index < -0.39 is 5.97 Å². The number of hydrogen-bond acceptors (Lipinski definition) is 6. The van der Waals surface area contributed by atoms with Gasteiger partial charge in [0.15, 0.2) is 5.82 Å². The predicted molar refractivity (Wildman–Crippen MR) is 141 cm³/mol. The van der Waals surface area contributed by atoms with Gasteiger partial charge in [0.25, 0.3) is 0 Å². The number of aromatic amines is 1. The number of nitrogens with one attached hydrogen (secondary N) is 1. The summed E-state index contributed by atoms with van der Waals surface area (Å²) in [5.41, 5.74) is 4.22. The number of carboxylic acids is 1. The molecule has 0 saturated carbocycles. The molecule has 9 heteroatoms. The molecule has 172 valence electrons. The van der Waals surface area contributed by atoms with Crippen LogP contribution >= 0.6 is 27.7 Å². The zero-order valence-electron chi connectivity index (χ0n) is 18.3. The number of methoxy groups -OCH3 is 1. The van der Waals surface area contributed by atoms with Crippen molar-refractivity contribution in [1.29, 1.82) is 5.26 Å². The van der Waals surface area contributed by atoms with E-state index in [1.165, 1.54) is 23.9 Å². The number of hydrogen-bond donors (Lipinski definition) is 2. The highest BCUT2D eigenvalue weighted by molar-refractivity contribution is 9.10. The molecule has 7 nitrogen and oxygen atoms in total. The number of H-pyrrole nitrogens is 1. The molecule has 0 fully saturated rings. The third-order valence-corrected chi connectivity index (χ3v) is 6.96. The van der Waals surface area contributed by atoms with Gasteiger partial charge >= 0.3 is 5.97 Å². The Balaban J connectivity index is 1.68. The van der Waals surface area contributed by atoms with Gasteiger partial charge < -0.3 is 19.7 Å². The maximum Gasteiger partial charge on any atom is 0.335 e. The molecule has 0 saturated heterocycles. The van der Waals surface area contributed by atoms with Crippen LogP contribution in [-0.4, -0.2) is 28.2 Å². The van der Waals surface area contributed by atoms with Crippen LogP contribution in [-0.2, 0) is 0 Å². The molecule has 2 N–H and O–H groups in total. The SMILES string of the molecule is COc1ccccc1C1=CS/C(=C(\C#N)c2nc3ccc(C(=O)O)cc3[nH]2)N1c1ccc(Br)cc1. The maximum atomic E-state index is 11.4. The summed E-state index contributed by atoms with van der Waals surface area (Å²) in [6.45, 7) is 0. The lowest BCUT2D eigenvalue weighted by Crippen LogP contribution is -2.17. The Bertz CT molecular complexity index is 1570. The molecule has 4 aromatic rings. The number of halogens is 1. The quantitative estimate of drug-likeness (QED) is 0.277. The number of allylic oxidation sites excluding steroid dienone is 1. The minimum absolute atomic E-state index is 0.144. The highest BCUT2D eigenvalue weighted by atomic mass is 79.9. The van der Waals surface area contributed by atoms with E-state index in [4.69, 9.17) is 4.74 Å². The number of carboxylic acid groups (broad SMARTS) is 1. The molecule has 2 heterocycles. The molecule has 1 aliphatic rings. The Kier molecular flexibility index (Phi) is 6.07. The Hall–Kier alpha value is -4.00. The number of fused-ring (bicyclic) bond motifs is 1. The zero-order valence-corrected chi connectivity index (χ0v) is 20.7. The molecule has 1 aromatic heterocycles. The normalized spacial score (nSPS) is 14.5. The Morgan fingerprint density at radius 3 is 2.66 bits per heavy atom. The molecule has 1 aliphatic heterocycles. The van der Waals surface area contributed by atoms with Gasteiger partial charge in [-0.15, -0.1) is 0 Å². The number of aromatic nitrogens is 2. The second-order valence-corrected chi connectivity index (χ2v) is 9.32. The van der Waals surface area contributed by atoms with Crippen molar-refractivity contribution in [2.75, 3.05) is 12.0 Å². The van der Waals surface area contributed by atoms with E-state index in [9.17, 15) is 15.2 Å². The number of carbonyl (C=O) groups is 1. The van der Waals surface area contributed by atoms with Crippen LogP contribution in [0.15, 0.2) is 81.6 Å². The first-order valence-electron chi connectivity index (χ1n) is 10.4. The van der Waals surface area contributed by atoms with Crippen molar-refractivity contribution in [3.8, 4) is 11.8 Å². The summed E-state index contributed by atoms with van der Waals surface area (Å²) < 4.78 is 6.54. The number of rotatable bonds is 5. The largest absolute Gasteiger partial charge is 0.496 e. The van der Waals surface area contributed by atoms with Crippen molar-refractivity contribution < 1.29 is 14.6 Å². The van der Waals surface area contributed by atoms with Crippen molar-refractivity contribution in [1.82, 2.24) is 9.97 Å². The van der Waals surface area contributed by atoms with Crippen molar-refractivity contribution in [3.05, 3.63) is 98.6 Å². The van der Waals surface area contributed by atoms with Crippen LogP contribution in [0.4, 0.5) is 5.69 Å². The second-order valence-electron chi connectivity index (χ2n) is 7.55. The number of para-hydroxylation sites is 1. The van der Waals surface area contributed by atoms with Gasteiger partial charge in [-0.2, -0.15) is 5.26 Å². The average Bonchev–Trinajstić information content (AvgIpc) is 3.49. The van der Waals surface area contributed by atoms with Gasteiger partial charge in [0, 0.05) is 21.1 Å². The van der Waals surface area contributed by atoms with Gasteiger partial charge in [0.05, 0.1) is 29.4 Å². The summed E-state index contributed by atoms with van der Waals surface area (Å²) in [6.07, 6.45) is 0. The lowest BCUT2D eigenvalue weighted by Gasteiger charge is -2.25. The van der Waals surface area contributed by atoms with E-state index in [1.807, 2.05) is 58.8 Å². The van der Waals surface area contributed by atoms with E-state index in [0.29, 0.717) is 33.2 Å². The van der Waals surface area contributed by atoms with E-state index in [2.05, 4.69) is 32.0 Å². The maximum absolute atomic E-state index is 11.4. The summed E-state index contributed by atoms with van der Waals surface area (Å²) in [5, 5.41) is 22.2. The molecule has 0 aliphatic carbocycles. The predicted octanol–water partition coefficient (Wildman–Crippen LogP) is 6.48. The summed E-state index contributed by atoms with van der Waals surface area (Å²) in [6, 6.07) is 22.5. The first-order valence-corrected chi connectivity index (χ1v) is 12.1. The summed E-state index contributed by atoms with van der Waals surface area (Å²) in [7, 11) is 1.63. The number of nitriles is 1. The Labute approximate surface area is 213 Å². The van der Waals surface area contributed by atoms with Gasteiger partial charge in [0.1, 0.15) is 22.4 Å². The number of anilines is 1. The molecule has 0 spiro atoms. The van der Waals surface area contributed by atoms with E-state index in [1.54, 1.807) is 13.2 Å². The van der Waals surface area contributed by atoms with Gasteiger partial charge in [-0.1, -0.05) is 39.8 Å². The monoisotopic (exact) mass is 544 g/mol. The van der Waals surface area contributed by atoms with E-state index in [-0.39, 0.29) is 5.56 Å². The fourth-order valence-electron chi connectivity index (χ4n) is 3.85. The van der Waals surface area contributed by atoms with Gasteiger partial charge in [0.2, 0.25) is 0 Å². The van der Waals surface area contributed by atoms with Crippen LogP contribution in [0, 0.1) is 11.3 Å². The fourth-order valence-corrected chi connectivity index (χ4v) is 5.14. The molecule has 3 aromatic carbocycles. The third-order valence-electron chi connectivity index (χ3n) is 5.49. The van der Waals surface area contributed by atoms with Crippen LogP contribution in [0.2, 0.25) is 0 Å². The van der Waals surface area contributed by atoms with Crippen molar-refractivity contribution >= 4 is 61.7 Å². The zero-order chi connectivity index (χ0) is 24.5. The van der Waals surface area contributed by atoms with Gasteiger partial charge in [-0.3, -0.25) is 0 Å². The lowest BCUT2D eigenvalue weighted by molar-refractivity contribution is 0.0697. The molecule has 5 rings (SSSR count). The van der Waals surface area contributed by atoms with Crippen molar-refractivity contribution in [2.45, 2.75) is 0 Å². The number of nitrogens with zero attached hydrogens (tertiary/aromatic N) is 3. The second kappa shape index (κ2) is 9.33. The lowest BCUT2D eigenvalue weighted by atomic mass is 10.1. The number of aromatic carboxylic acids is 1. The van der Waals surface area contributed by atoms with E-state index >= 15 is 0 Å². The number of thioether (sulfide) groups is 1. The number of ether oxygens (including phenoxy) is 1. The van der Waals surface area contributed by atoms with Gasteiger partial charge in [-0.25, -0.2) is 9.78 Å². The number of benzene rings is 3. The van der Waals surface area contributed by atoms with Crippen LogP contribution in [0.3, 0.4) is 0 Å². The first kappa shape index (κ1) is 22.8. The van der Waals surface area contributed by atoms with Gasteiger partial charge in [-0.05, 0) is 54.6 Å². The topological polar surface area (TPSA) is 102 Å². The highest BCUT2D eigenvalue weighted by Gasteiger charge is 2.30. The number of imidazole rings is 1. The minimum Gasteiger partial charge on any atom is -0.496 e.